The Balaban J connectivity index is 2.79. The van der Waals surface area contributed by atoms with Gasteiger partial charge in [0.05, 0.1) is 25.4 Å². The molecule has 0 aliphatic carbocycles. The van der Waals surface area contributed by atoms with Crippen LogP contribution < -0.4 is 0 Å². The van der Waals surface area contributed by atoms with Crippen molar-refractivity contribution >= 4 is 6.09 Å². The fraction of sp³-hybridized carbons (Fsp3) is 0.889. The molecule has 1 aliphatic heterocycles. The van der Waals surface area contributed by atoms with Crippen LogP contribution in [-0.2, 0) is 4.74 Å². The van der Waals surface area contributed by atoms with Crippen molar-refractivity contribution in [2.75, 3.05) is 26.4 Å². The molecule has 0 saturated carbocycles. The van der Waals surface area contributed by atoms with E-state index >= 15 is 0 Å². The molecule has 0 aromatic rings. The number of hydrogen-bond acceptors (Lipinski definition) is 4. The average molecular weight is 203 g/mol. The molecule has 0 spiro atoms. The number of rotatable bonds is 4. The van der Waals surface area contributed by atoms with Gasteiger partial charge in [-0.05, 0) is 12.8 Å². The lowest BCUT2D eigenvalue weighted by Gasteiger charge is -2.42. The van der Waals surface area contributed by atoms with Gasteiger partial charge in [0, 0.05) is 6.54 Å². The van der Waals surface area contributed by atoms with Gasteiger partial charge in [0.2, 0.25) is 0 Å². The number of carbonyl (C=O) groups excluding carboxylic acids is 1. The number of nitrogens with zero attached hydrogens (tertiary/aromatic N) is 1. The van der Waals surface area contributed by atoms with Crippen LogP contribution in [0.3, 0.4) is 0 Å². The standard InChI is InChI=1S/C9H17NO4/c1-2-9(6-11,7-12)10-4-3-5-14-8(10)13/h11-12H,2-7H2,1H3. The smallest absolute Gasteiger partial charge is 0.410 e. The van der Waals surface area contributed by atoms with Crippen molar-refractivity contribution in [2.45, 2.75) is 25.3 Å². The maximum absolute atomic E-state index is 11.4. The normalized spacial score (nSPS) is 18.2. The Morgan fingerprint density at radius 3 is 2.57 bits per heavy atom. The summed E-state index contributed by atoms with van der Waals surface area (Å²) in [5.41, 5.74) is -0.864. The molecule has 5 heteroatoms. The molecular weight excluding hydrogens is 186 g/mol. The summed E-state index contributed by atoms with van der Waals surface area (Å²) in [7, 11) is 0. The second-order valence-corrected chi connectivity index (χ2v) is 3.51. The first-order chi connectivity index (χ1) is 6.70. The minimum Gasteiger partial charge on any atom is -0.449 e. The van der Waals surface area contributed by atoms with Gasteiger partial charge in [-0.2, -0.15) is 0 Å². The molecule has 0 bridgehead atoms. The van der Waals surface area contributed by atoms with Gasteiger partial charge >= 0.3 is 6.09 Å². The molecule has 1 heterocycles. The SMILES string of the molecule is CCC(CO)(CO)N1CCCOC1=O. The third-order valence-corrected chi connectivity index (χ3v) is 2.79. The Bertz CT molecular complexity index is 195. The summed E-state index contributed by atoms with van der Waals surface area (Å²) in [6.45, 7) is 2.30. The monoisotopic (exact) mass is 203 g/mol. The Hall–Kier alpha value is -0.810. The fourth-order valence-corrected chi connectivity index (χ4v) is 1.62. The molecule has 1 saturated heterocycles. The van der Waals surface area contributed by atoms with Crippen molar-refractivity contribution < 1.29 is 19.7 Å². The maximum atomic E-state index is 11.4. The topological polar surface area (TPSA) is 70.0 Å². The minimum absolute atomic E-state index is 0.241. The molecule has 14 heavy (non-hydrogen) atoms. The molecule has 2 N–H and O–H groups in total. The largest absolute Gasteiger partial charge is 0.449 e. The third kappa shape index (κ3) is 1.83. The molecule has 1 amide bonds. The molecule has 0 radical (unpaired) electrons. The highest BCUT2D eigenvalue weighted by atomic mass is 16.6. The van der Waals surface area contributed by atoms with Gasteiger partial charge < -0.3 is 14.9 Å². The predicted octanol–water partition coefficient (Wildman–Crippen LogP) is -0.0379. The second kappa shape index (κ2) is 4.61. The first-order valence-electron chi connectivity index (χ1n) is 4.86. The zero-order chi connectivity index (χ0) is 10.6. The lowest BCUT2D eigenvalue weighted by atomic mass is 9.95. The van der Waals surface area contributed by atoms with E-state index in [4.69, 9.17) is 4.74 Å². The molecule has 82 valence electrons. The van der Waals surface area contributed by atoms with Crippen LogP contribution in [0.15, 0.2) is 0 Å². The van der Waals surface area contributed by atoms with Gasteiger partial charge in [0.1, 0.15) is 0 Å². The Kier molecular flexibility index (Phi) is 3.71. The van der Waals surface area contributed by atoms with Gasteiger partial charge in [0.25, 0.3) is 0 Å². The molecule has 0 aromatic heterocycles. The van der Waals surface area contributed by atoms with Gasteiger partial charge in [-0.3, -0.25) is 4.90 Å². The quantitative estimate of drug-likeness (QED) is 0.672. The molecule has 1 rings (SSSR count). The number of amides is 1. The van der Waals surface area contributed by atoms with Gasteiger partial charge in [-0.1, -0.05) is 6.92 Å². The highest BCUT2D eigenvalue weighted by Crippen LogP contribution is 2.22. The lowest BCUT2D eigenvalue weighted by molar-refractivity contribution is -0.0343. The van der Waals surface area contributed by atoms with E-state index in [1.165, 1.54) is 4.90 Å². The lowest BCUT2D eigenvalue weighted by Crippen LogP contribution is -2.58. The van der Waals surface area contributed by atoms with Crippen LogP contribution in [0.4, 0.5) is 4.79 Å². The van der Waals surface area contributed by atoms with Crippen molar-refractivity contribution in [3.8, 4) is 0 Å². The van der Waals surface area contributed by atoms with E-state index in [2.05, 4.69) is 0 Å². The van der Waals surface area contributed by atoms with E-state index in [-0.39, 0.29) is 13.2 Å². The van der Waals surface area contributed by atoms with Gasteiger partial charge in [-0.25, -0.2) is 4.79 Å². The van der Waals surface area contributed by atoms with E-state index in [0.29, 0.717) is 19.6 Å². The van der Waals surface area contributed by atoms with E-state index in [0.717, 1.165) is 6.42 Å². The summed E-state index contributed by atoms with van der Waals surface area (Å²) in [6.07, 6.45) is 0.809. The van der Waals surface area contributed by atoms with Crippen molar-refractivity contribution in [1.29, 1.82) is 0 Å². The number of cyclic esters (lactones) is 1. The van der Waals surface area contributed by atoms with Crippen LogP contribution in [-0.4, -0.2) is 53.1 Å². The minimum atomic E-state index is -0.864. The van der Waals surface area contributed by atoms with E-state index in [1.54, 1.807) is 0 Å². The number of carbonyl (C=O) groups is 1. The van der Waals surface area contributed by atoms with Crippen LogP contribution in [0, 0.1) is 0 Å². The number of ether oxygens (including phenoxy) is 1. The zero-order valence-electron chi connectivity index (χ0n) is 8.40. The summed E-state index contributed by atoms with van der Waals surface area (Å²) in [5, 5.41) is 18.5. The first kappa shape index (κ1) is 11.3. The maximum Gasteiger partial charge on any atom is 0.410 e. The highest BCUT2D eigenvalue weighted by Gasteiger charge is 2.39. The summed E-state index contributed by atoms with van der Waals surface area (Å²) in [6, 6.07) is 0. The summed E-state index contributed by atoms with van der Waals surface area (Å²) < 4.78 is 4.87. The summed E-state index contributed by atoms with van der Waals surface area (Å²) in [5.74, 6) is 0. The van der Waals surface area contributed by atoms with Crippen LogP contribution in [0.2, 0.25) is 0 Å². The molecule has 5 nitrogen and oxygen atoms in total. The van der Waals surface area contributed by atoms with Crippen LogP contribution in [0.5, 0.6) is 0 Å². The van der Waals surface area contributed by atoms with Crippen LogP contribution >= 0.6 is 0 Å². The van der Waals surface area contributed by atoms with Crippen molar-refractivity contribution in [2.24, 2.45) is 0 Å². The third-order valence-electron chi connectivity index (χ3n) is 2.79. The van der Waals surface area contributed by atoms with Crippen molar-refractivity contribution in [3.63, 3.8) is 0 Å². The van der Waals surface area contributed by atoms with Crippen LogP contribution in [0.1, 0.15) is 19.8 Å². The second-order valence-electron chi connectivity index (χ2n) is 3.51. The molecule has 0 atom stereocenters. The van der Waals surface area contributed by atoms with Gasteiger partial charge in [-0.15, -0.1) is 0 Å². The van der Waals surface area contributed by atoms with Crippen LogP contribution in [0.25, 0.3) is 0 Å². The molecule has 1 fully saturated rings. The molecule has 0 aromatic carbocycles. The number of hydrogen-bond donors (Lipinski definition) is 2. The summed E-state index contributed by atoms with van der Waals surface area (Å²) in [4.78, 5) is 12.8. The van der Waals surface area contributed by atoms with Gasteiger partial charge in [0.15, 0.2) is 0 Å². The first-order valence-corrected chi connectivity index (χ1v) is 4.86. The predicted molar refractivity (Wildman–Crippen MR) is 49.9 cm³/mol. The van der Waals surface area contributed by atoms with E-state index < -0.39 is 11.6 Å². The number of aliphatic hydroxyl groups is 2. The molecule has 0 unspecified atom stereocenters. The zero-order valence-corrected chi connectivity index (χ0v) is 8.40. The molecular formula is C9H17NO4. The Morgan fingerprint density at radius 2 is 2.14 bits per heavy atom. The van der Waals surface area contributed by atoms with E-state index in [9.17, 15) is 15.0 Å². The Morgan fingerprint density at radius 1 is 1.50 bits per heavy atom. The average Bonchev–Trinajstić information content (AvgIpc) is 2.24. The summed E-state index contributed by atoms with van der Waals surface area (Å²) >= 11 is 0. The Labute approximate surface area is 83.3 Å². The van der Waals surface area contributed by atoms with E-state index in [1.807, 2.05) is 6.92 Å². The molecule has 1 aliphatic rings. The van der Waals surface area contributed by atoms with Crippen molar-refractivity contribution in [1.82, 2.24) is 4.90 Å². The highest BCUT2D eigenvalue weighted by molar-refractivity contribution is 5.69. The van der Waals surface area contributed by atoms with Crippen molar-refractivity contribution in [3.05, 3.63) is 0 Å². The fourth-order valence-electron chi connectivity index (χ4n) is 1.62. The number of aliphatic hydroxyl groups excluding tert-OH is 2.